The lowest BCUT2D eigenvalue weighted by Crippen LogP contribution is -2.40. The molecule has 6 heteroatoms. The molecule has 1 heterocycles. The fraction of sp³-hybridized carbons (Fsp3) is 0.643. The van der Waals surface area contributed by atoms with E-state index in [0.29, 0.717) is 5.89 Å². The van der Waals surface area contributed by atoms with Gasteiger partial charge >= 0.3 is 5.97 Å². The highest BCUT2D eigenvalue weighted by atomic mass is 16.5. The van der Waals surface area contributed by atoms with Gasteiger partial charge in [-0.25, -0.2) is 9.78 Å². The Bertz CT molecular complexity index is 511. The molecule has 0 bridgehead atoms. The first-order chi connectivity index (χ1) is 9.32. The molecule has 0 saturated heterocycles. The lowest BCUT2D eigenvalue weighted by molar-refractivity contribution is -0.141. The van der Waals surface area contributed by atoms with Crippen molar-refractivity contribution in [3.63, 3.8) is 0 Å². The Hall–Kier alpha value is -1.85. The number of amides is 1. The van der Waals surface area contributed by atoms with Gasteiger partial charge in [0.1, 0.15) is 6.26 Å². The zero-order valence-corrected chi connectivity index (χ0v) is 12.3. The van der Waals surface area contributed by atoms with E-state index in [1.165, 1.54) is 13.4 Å². The van der Waals surface area contributed by atoms with Crippen molar-refractivity contribution < 1.29 is 18.7 Å². The standard InChI is InChI=1S/C14H20N2O4/c1-14(2,3)13(18)16(9-5-6-9)7-11-15-10(8-20-11)12(17)19-4/h8-9H,5-7H2,1-4H3. The molecule has 20 heavy (non-hydrogen) atoms. The minimum Gasteiger partial charge on any atom is -0.464 e. The summed E-state index contributed by atoms with van der Waals surface area (Å²) >= 11 is 0. The van der Waals surface area contributed by atoms with Gasteiger partial charge in [-0.1, -0.05) is 20.8 Å². The van der Waals surface area contributed by atoms with Crippen LogP contribution in [-0.4, -0.2) is 34.9 Å². The molecular formula is C14H20N2O4. The fourth-order valence-electron chi connectivity index (χ4n) is 1.91. The summed E-state index contributed by atoms with van der Waals surface area (Å²) < 4.78 is 9.83. The molecule has 1 amide bonds. The molecule has 1 saturated carbocycles. The summed E-state index contributed by atoms with van der Waals surface area (Å²) in [5.41, 5.74) is -0.318. The minimum absolute atomic E-state index is 0.0674. The SMILES string of the molecule is COC(=O)c1coc(CN(C(=O)C(C)(C)C)C2CC2)n1. The second-order valence-corrected chi connectivity index (χ2v) is 6.03. The molecule has 1 aromatic heterocycles. The Labute approximate surface area is 118 Å². The summed E-state index contributed by atoms with van der Waals surface area (Å²) in [6, 6.07) is 0.259. The van der Waals surface area contributed by atoms with Gasteiger partial charge in [-0.15, -0.1) is 0 Å². The lowest BCUT2D eigenvalue weighted by atomic mass is 9.94. The van der Waals surface area contributed by atoms with Gasteiger partial charge in [0.25, 0.3) is 0 Å². The number of hydrogen-bond donors (Lipinski definition) is 0. The van der Waals surface area contributed by atoms with Crippen molar-refractivity contribution >= 4 is 11.9 Å². The third kappa shape index (κ3) is 3.18. The third-order valence-electron chi connectivity index (χ3n) is 3.14. The van der Waals surface area contributed by atoms with Crippen LogP contribution < -0.4 is 0 Å². The second kappa shape index (κ2) is 5.26. The first-order valence-electron chi connectivity index (χ1n) is 6.66. The minimum atomic E-state index is -0.542. The van der Waals surface area contributed by atoms with Crippen LogP contribution in [0.4, 0.5) is 0 Å². The highest BCUT2D eigenvalue weighted by molar-refractivity contribution is 5.86. The van der Waals surface area contributed by atoms with Gasteiger partial charge in [0.05, 0.1) is 13.7 Å². The molecular weight excluding hydrogens is 260 g/mol. The molecule has 1 aliphatic rings. The van der Waals surface area contributed by atoms with Crippen molar-refractivity contribution in [1.29, 1.82) is 0 Å². The van der Waals surface area contributed by atoms with Gasteiger partial charge in [0, 0.05) is 11.5 Å². The predicted octanol–water partition coefficient (Wildman–Crippen LogP) is 2.00. The van der Waals surface area contributed by atoms with Gasteiger partial charge in [0.15, 0.2) is 5.69 Å². The Balaban J connectivity index is 2.11. The summed E-state index contributed by atoms with van der Waals surface area (Å²) in [6.07, 6.45) is 3.27. The van der Waals surface area contributed by atoms with Gasteiger partial charge in [-0.05, 0) is 12.8 Å². The highest BCUT2D eigenvalue weighted by Crippen LogP contribution is 2.32. The quantitative estimate of drug-likeness (QED) is 0.789. The molecule has 0 aliphatic heterocycles. The van der Waals surface area contributed by atoms with Crippen LogP contribution in [0.1, 0.15) is 50.0 Å². The first kappa shape index (κ1) is 14.6. The maximum absolute atomic E-state index is 12.4. The predicted molar refractivity (Wildman–Crippen MR) is 70.9 cm³/mol. The van der Waals surface area contributed by atoms with Crippen LogP contribution in [0.25, 0.3) is 0 Å². The van der Waals surface area contributed by atoms with E-state index in [4.69, 9.17) is 4.42 Å². The largest absolute Gasteiger partial charge is 0.464 e. The molecule has 1 aromatic rings. The topological polar surface area (TPSA) is 72.6 Å². The first-order valence-corrected chi connectivity index (χ1v) is 6.66. The number of carbonyl (C=O) groups excluding carboxylic acids is 2. The van der Waals surface area contributed by atoms with Gasteiger partial charge in [-0.3, -0.25) is 4.79 Å². The third-order valence-corrected chi connectivity index (χ3v) is 3.14. The van der Waals surface area contributed by atoms with E-state index < -0.39 is 11.4 Å². The van der Waals surface area contributed by atoms with Crippen LogP contribution in [0, 0.1) is 5.41 Å². The summed E-state index contributed by atoms with van der Waals surface area (Å²) in [7, 11) is 1.29. The van der Waals surface area contributed by atoms with Crippen molar-refractivity contribution in [3.8, 4) is 0 Å². The molecule has 110 valence electrons. The van der Waals surface area contributed by atoms with Crippen molar-refractivity contribution in [2.24, 2.45) is 5.41 Å². The van der Waals surface area contributed by atoms with E-state index in [0.717, 1.165) is 12.8 Å². The smallest absolute Gasteiger partial charge is 0.360 e. The van der Waals surface area contributed by atoms with E-state index >= 15 is 0 Å². The molecule has 2 rings (SSSR count). The van der Waals surface area contributed by atoms with Crippen LogP contribution in [0.2, 0.25) is 0 Å². The van der Waals surface area contributed by atoms with Crippen molar-refractivity contribution in [1.82, 2.24) is 9.88 Å². The molecule has 0 N–H and O–H groups in total. The Kier molecular flexibility index (Phi) is 3.83. The molecule has 0 unspecified atom stereocenters. The van der Waals surface area contributed by atoms with Crippen molar-refractivity contribution in [2.45, 2.75) is 46.2 Å². The van der Waals surface area contributed by atoms with E-state index in [-0.39, 0.29) is 24.2 Å². The molecule has 0 spiro atoms. The van der Waals surface area contributed by atoms with E-state index in [1.54, 1.807) is 4.90 Å². The number of methoxy groups -OCH3 is 1. The Morgan fingerprint density at radius 3 is 2.60 bits per heavy atom. The van der Waals surface area contributed by atoms with Gasteiger partial charge in [0.2, 0.25) is 11.8 Å². The Morgan fingerprint density at radius 1 is 1.45 bits per heavy atom. The molecule has 0 radical (unpaired) electrons. The number of rotatable bonds is 4. The van der Waals surface area contributed by atoms with Crippen LogP contribution in [0.5, 0.6) is 0 Å². The number of aromatic nitrogens is 1. The molecule has 1 aliphatic carbocycles. The number of esters is 1. The second-order valence-electron chi connectivity index (χ2n) is 6.03. The van der Waals surface area contributed by atoms with Crippen LogP contribution in [0.3, 0.4) is 0 Å². The van der Waals surface area contributed by atoms with E-state index in [2.05, 4.69) is 9.72 Å². The van der Waals surface area contributed by atoms with E-state index in [1.807, 2.05) is 20.8 Å². The maximum atomic E-state index is 12.4. The number of nitrogens with zero attached hydrogens (tertiary/aromatic N) is 2. The average molecular weight is 280 g/mol. The molecule has 0 atom stereocenters. The normalized spacial score (nSPS) is 15.0. The monoisotopic (exact) mass is 280 g/mol. The number of hydrogen-bond acceptors (Lipinski definition) is 5. The average Bonchev–Trinajstić information content (AvgIpc) is 3.12. The summed E-state index contributed by atoms with van der Waals surface area (Å²) in [5.74, 6) is -0.118. The molecule has 0 aromatic carbocycles. The highest BCUT2D eigenvalue weighted by Gasteiger charge is 2.38. The summed E-state index contributed by atoms with van der Waals surface area (Å²) in [5, 5.41) is 0. The molecule has 6 nitrogen and oxygen atoms in total. The zero-order valence-electron chi connectivity index (χ0n) is 12.3. The van der Waals surface area contributed by atoms with Crippen molar-refractivity contribution in [3.05, 3.63) is 17.8 Å². The van der Waals surface area contributed by atoms with Crippen molar-refractivity contribution in [2.75, 3.05) is 7.11 Å². The Morgan fingerprint density at radius 2 is 2.10 bits per heavy atom. The zero-order chi connectivity index (χ0) is 14.9. The van der Waals surface area contributed by atoms with Crippen LogP contribution >= 0.6 is 0 Å². The fourth-order valence-corrected chi connectivity index (χ4v) is 1.91. The lowest BCUT2D eigenvalue weighted by Gasteiger charge is -2.28. The van der Waals surface area contributed by atoms with E-state index in [9.17, 15) is 9.59 Å². The summed E-state index contributed by atoms with van der Waals surface area (Å²) in [4.78, 5) is 29.6. The van der Waals surface area contributed by atoms with Crippen LogP contribution in [0.15, 0.2) is 10.7 Å². The van der Waals surface area contributed by atoms with Crippen LogP contribution in [-0.2, 0) is 16.1 Å². The number of oxazole rings is 1. The number of carbonyl (C=O) groups is 2. The van der Waals surface area contributed by atoms with Gasteiger partial charge < -0.3 is 14.1 Å². The summed E-state index contributed by atoms with van der Waals surface area (Å²) in [6.45, 7) is 5.96. The van der Waals surface area contributed by atoms with Gasteiger partial charge in [-0.2, -0.15) is 0 Å². The number of ether oxygens (including phenoxy) is 1. The molecule has 1 fully saturated rings. The maximum Gasteiger partial charge on any atom is 0.360 e.